The standard InChI is InChI=1S/C12H12ClN3O3/c1-18-7-3-6(4-8(5-7)19-2)10-9(13)11(17)16-12(14)15-10/h3-5H,1-2H3,(H3,14,15,16,17). The van der Waals surface area contributed by atoms with E-state index < -0.39 is 5.56 Å². The van der Waals surface area contributed by atoms with Crippen LogP contribution in [0.15, 0.2) is 23.0 Å². The van der Waals surface area contributed by atoms with Crippen LogP contribution < -0.4 is 20.8 Å². The van der Waals surface area contributed by atoms with Crippen molar-refractivity contribution in [2.75, 3.05) is 20.0 Å². The van der Waals surface area contributed by atoms with Gasteiger partial charge in [0, 0.05) is 11.6 Å². The number of H-pyrrole nitrogens is 1. The molecule has 7 heteroatoms. The molecule has 0 unspecified atom stereocenters. The number of nitrogens with two attached hydrogens (primary N) is 1. The molecule has 0 amide bonds. The van der Waals surface area contributed by atoms with Crippen molar-refractivity contribution in [3.63, 3.8) is 0 Å². The predicted octanol–water partition coefficient (Wildman–Crippen LogP) is 1.69. The van der Waals surface area contributed by atoms with E-state index in [0.29, 0.717) is 17.1 Å². The summed E-state index contributed by atoms with van der Waals surface area (Å²) in [6.07, 6.45) is 0. The first-order valence-electron chi connectivity index (χ1n) is 5.34. The molecule has 0 saturated carbocycles. The highest BCUT2D eigenvalue weighted by atomic mass is 35.5. The maximum absolute atomic E-state index is 11.6. The zero-order chi connectivity index (χ0) is 14.0. The maximum atomic E-state index is 11.6. The molecule has 0 aliphatic rings. The summed E-state index contributed by atoms with van der Waals surface area (Å²) in [5.41, 5.74) is 5.88. The number of hydrogen-bond acceptors (Lipinski definition) is 5. The number of nitrogens with one attached hydrogen (secondary N) is 1. The molecule has 3 N–H and O–H groups in total. The molecule has 6 nitrogen and oxygen atoms in total. The molecule has 100 valence electrons. The van der Waals surface area contributed by atoms with Gasteiger partial charge in [0.25, 0.3) is 5.56 Å². The minimum atomic E-state index is -0.494. The lowest BCUT2D eigenvalue weighted by Crippen LogP contribution is -2.12. The Morgan fingerprint density at radius 3 is 2.32 bits per heavy atom. The molecular formula is C12H12ClN3O3. The van der Waals surface area contributed by atoms with E-state index in [1.54, 1.807) is 18.2 Å². The molecule has 1 aromatic carbocycles. The number of anilines is 1. The summed E-state index contributed by atoms with van der Waals surface area (Å²) in [6, 6.07) is 5.08. The molecule has 0 aliphatic carbocycles. The van der Waals surface area contributed by atoms with E-state index in [9.17, 15) is 4.79 Å². The Bertz CT molecular complexity index is 648. The number of aromatic nitrogens is 2. The number of hydrogen-bond donors (Lipinski definition) is 2. The van der Waals surface area contributed by atoms with Gasteiger partial charge in [-0.2, -0.15) is 0 Å². The zero-order valence-electron chi connectivity index (χ0n) is 10.4. The van der Waals surface area contributed by atoms with Crippen LogP contribution in [-0.2, 0) is 0 Å². The molecule has 0 radical (unpaired) electrons. The zero-order valence-corrected chi connectivity index (χ0v) is 11.1. The first-order chi connectivity index (χ1) is 9.05. The minimum absolute atomic E-state index is 0.00816. The van der Waals surface area contributed by atoms with Crippen molar-refractivity contribution < 1.29 is 9.47 Å². The van der Waals surface area contributed by atoms with Crippen LogP contribution in [0.2, 0.25) is 5.02 Å². The fourth-order valence-corrected chi connectivity index (χ4v) is 1.81. The summed E-state index contributed by atoms with van der Waals surface area (Å²) in [4.78, 5) is 17.9. The Balaban J connectivity index is 2.67. The third kappa shape index (κ3) is 2.63. The van der Waals surface area contributed by atoms with Crippen molar-refractivity contribution >= 4 is 17.5 Å². The molecule has 0 fully saturated rings. The number of ether oxygens (including phenoxy) is 2. The van der Waals surface area contributed by atoms with Crippen LogP contribution in [0, 0.1) is 0 Å². The molecule has 0 aliphatic heterocycles. The van der Waals surface area contributed by atoms with Crippen molar-refractivity contribution in [3.05, 3.63) is 33.6 Å². The van der Waals surface area contributed by atoms with Gasteiger partial charge in [0.1, 0.15) is 16.5 Å². The van der Waals surface area contributed by atoms with Crippen LogP contribution in [-0.4, -0.2) is 24.2 Å². The van der Waals surface area contributed by atoms with Gasteiger partial charge in [0.15, 0.2) is 0 Å². The largest absolute Gasteiger partial charge is 0.497 e. The van der Waals surface area contributed by atoms with Gasteiger partial charge in [-0.05, 0) is 12.1 Å². The highest BCUT2D eigenvalue weighted by Gasteiger charge is 2.13. The van der Waals surface area contributed by atoms with E-state index in [0.717, 1.165) is 0 Å². The van der Waals surface area contributed by atoms with Crippen LogP contribution in [0.3, 0.4) is 0 Å². The smallest absolute Gasteiger partial charge is 0.271 e. The van der Waals surface area contributed by atoms with Crippen LogP contribution in [0.1, 0.15) is 0 Å². The summed E-state index contributed by atoms with van der Waals surface area (Å²) in [7, 11) is 3.06. The molecule has 0 bridgehead atoms. The molecule has 0 atom stereocenters. The Kier molecular flexibility index (Phi) is 3.62. The third-order valence-corrected chi connectivity index (χ3v) is 2.86. The second-order valence-corrected chi connectivity index (χ2v) is 4.09. The van der Waals surface area contributed by atoms with Crippen LogP contribution in [0.25, 0.3) is 11.3 Å². The topological polar surface area (TPSA) is 90.2 Å². The van der Waals surface area contributed by atoms with E-state index in [1.807, 2.05) is 0 Å². The number of nitrogen functional groups attached to an aromatic ring is 1. The van der Waals surface area contributed by atoms with Gasteiger partial charge in [-0.15, -0.1) is 0 Å². The highest BCUT2D eigenvalue weighted by Crippen LogP contribution is 2.31. The second kappa shape index (κ2) is 5.19. The average Bonchev–Trinajstić information content (AvgIpc) is 2.42. The van der Waals surface area contributed by atoms with Gasteiger partial charge in [-0.1, -0.05) is 11.6 Å². The summed E-state index contributed by atoms with van der Waals surface area (Å²) in [6.45, 7) is 0. The van der Waals surface area contributed by atoms with Gasteiger partial charge in [0.2, 0.25) is 5.95 Å². The summed E-state index contributed by atoms with van der Waals surface area (Å²) in [5, 5.41) is -0.0375. The Hall–Kier alpha value is -2.21. The lowest BCUT2D eigenvalue weighted by molar-refractivity contribution is 0.394. The molecule has 1 aromatic heterocycles. The van der Waals surface area contributed by atoms with Crippen molar-refractivity contribution in [1.29, 1.82) is 0 Å². The van der Waals surface area contributed by atoms with Gasteiger partial charge in [-0.3, -0.25) is 9.78 Å². The molecule has 1 heterocycles. The lowest BCUT2D eigenvalue weighted by atomic mass is 10.1. The summed E-state index contributed by atoms with van der Waals surface area (Å²) < 4.78 is 10.3. The van der Waals surface area contributed by atoms with Crippen molar-refractivity contribution in [2.24, 2.45) is 0 Å². The van der Waals surface area contributed by atoms with Crippen LogP contribution in [0.4, 0.5) is 5.95 Å². The lowest BCUT2D eigenvalue weighted by Gasteiger charge is -2.09. The van der Waals surface area contributed by atoms with Gasteiger partial charge in [0.05, 0.1) is 19.9 Å². The number of rotatable bonds is 3. The predicted molar refractivity (Wildman–Crippen MR) is 72.8 cm³/mol. The average molecular weight is 282 g/mol. The van der Waals surface area contributed by atoms with Crippen LogP contribution in [0.5, 0.6) is 11.5 Å². The van der Waals surface area contributed by atoms with E-state index in [1.165, 1.54) is 14.2 Å². The molecule has 19 heavy (non-hydrogen) atoms. The van der Waals surface area contributed by atoms with Gasteiger partial charge >= 0.3 is 0 Å². The van der Waals surface area contributed by atoms with Gasteiger partial charge < -0.3 is 15.2 Å². The SMILES string of the molecule is COc1cc(OC)cc(-c2nc(N)[nH]c(=O)c2Cl)c1. The first-order valence-corrected chi connectivity index (χ1v) is 5.71. The molecule has 2 rings (SSSR count). The number of benzene rings is 1. The summed E-state index contributed by atoms with van der Waals surface area (Å²) in [5.74, 6) is 1.11. The minimum Gasteiger partial charge on any atom is -0.497 e. The number of methoxy groups -OCH3 is 2. The fraction of sp³-hybridized carbons (Fsp3) is 0.167. The molecular weight excluding hydrogens is 270 g/mol. The second-order valence-electron chi connectivity index (χ2n) is 3.72. The number of aromatic amines is 1. The molecule has 2 aromatic rings. The van der Waals surface area contributed by atoms with Crippen molar-refractivity contribution in [2.45, 2.75) is 0 Å². The first kappa shape index (κ1) is 13.2. The number of halogens is 1. The van der Waals surface area contributed by atoms with Crippen LogP contribution >= 0.6 is 11.6 Å². The number of nitrogens with zero attached hydrogens (tertiary/aromatic N) is 1. The quantitative estimate of drug-likeness (QED) is 0.893. The molecule has 0 spiro atoms. The van der Waals surface area contributed by atoms with Gasteiger partial charge in [-0.25, -0.2) is 4.98 Å². The van der Waals surface area contributed by atoms with E-state index in [-0.39, 0.29) is 16.7 Å². The Labute approximate surface area is 114 Å². The fourth-order valence-electron chi connectivity index (χ4n) is 1.61. The normalized spacial score (nSPS) is 10.3. The van der Waals surface area contributed by atoms with E-state index >= 15 is 0 Å². The maximum Gasteiger partial charge on any atom is 0.271 e. The van der Waals surface area contributed by atoms with E-state index in [4.69, 9.17) is 26.8 Å². The van der Waals surface area contributed by atoms with Crippen molar-refractivity contribution in [3.8, 4) is 22.8 Å². The Morgan fingerprint density at radius 1 is 1.21 bits per heavy atom. The Morgan fingerprint density at radius 2 is 1.79 bits per heavy atom. The third-order valence-electron chi connectivity index (χ3n) is 2.51. The van der Waals surface area contributed by atoms with E-state index in [2.05, 4.69) is 9.97 Å². The highest BCUT2D eigenvalue weighted by molar-refractivity contribution is 6.32. The summed E-state index contributed by atoms with van der Waals surface area (Å²) >= 11 is 5.95. The monoisotopic (exact) mass is 281 g/mol. The molecule has 0 saturated heterocycles. The van der Waals surface area contributed by atoms with Crippen molar-refractivity contribution in [1.82, 2.24) is 9.97 Å².